The van der Waals surface area contributed by atoms with Gasteiger partial charge in [-0.15, -0.1) is 0 Å². The summed E-state index contributed by atoms with van der Waals surface area (Å²) in [6, 6.07) is 7.52. The normalized spacial score (nSPS) is 10.1. The van der Waals surface area contributed by atoms with Crippen LogP contribution in [0.5, 0.6) is 11.6 Å². The molecule has 5 heteroatoms. The summed E-state index contributed by atoms with van der Waals surface area (Å²) in [6.07, 6.45) is 1.07. The Morgan fingerprint density at radius 1 is 1.25 bits per heavy atom. The molecule has 1 aromatic carbocycles. The van der Waals surface area contributed by atoms with E-state index in [0.717, 1.165) is 6.20 Å². The molecule has 0 bridgehead atoms. The van der Waals surface area contributed by atoms with Crippen molar-refractivity contribution >= 4 is 17.3 Å². The zero-order chi connectivity index (χ0) is 11.5. The van der Waals surface area contributed by atoms with Crippen LogP contribution in [0.3, 0.4) is 0 Å². The van der Waals surface area contributed by atoms with Gasteiger partial charge in [-0.25, -0.2) is 9.37 Å². The van der Waals surface area contributed by atoms with Crippen molar-refractivity contribution in [2.75, 3.05) is 5.73 Å². The molecule has 0 spiro atoms. The second kappa shape index (κ2) is 4.37. The van der Waals surface area contributed by atoms with Crippen molar-refractivity contribution in [3.63, 3.8) is 0 Å². The van der Waals surface area contributed by atoms with Gasteiger partial charge in [-0.05, 0) is 18.2 Å². The molecule has 2 aromatic rings. The van der Waals surface area contributed by atoms with E-state index in [9.17, 15) is 4.39 Å². The molecule has 0 unspecified atom stereocenters. The summed E-state index contributed by atoms with van der Waals surface area (Å²) in [6.45, 7) is 0. The summed E-state index contributed by atoms with van der Waals surface area (Å²) in [7, 11) is 0. The molecule has 82 valence electrons. The molecule has 2 N–H and O–H groups in total. The minimum Gasteiger partial charge on any atom is -0.437 e. The Kier molecular flexibility index (Phi) is 2.92. The highest BCUT2D eigenvalue weighted by atomic mass is 35.5. The van der Waals surface area contributed by atoms with Gasteiger partial charge in [-0.1, -0.05) is 11.6 Å². The first-order chi connectivity index (χ1) is 7.65. The van der Waals surface area contributed by atoms with Crippen LogP contribution in [0.2, 0.25) is 5.02 Å². The van der Waals surface area contributed by atoms with Crippen molar-refractivity contribution in [1.29, 1.82) is 0 Å². The number of anilines is 1. The van der Waals surface area contributed by atoms with E-state index in [1.807, 2.05) is 0 Å². The molecule has 2 rings (SSSR count). The van der Waals surface area contributed by atoms with Gasteiger partial charge in [-0.3, -0.25) is 0 Å². The van der Waals surface area contributed by atoms with Crippen LogP contribution in [0, 0.1) is 5.82 Å². The van der Waals surface area contributed by atoms with Gasteiger partial charge in [0.2, 0.25) is 5.88 Å². The molecule has 0 fully saturated rings. The van der Waals surface area contributed by atoms with Crippen LogP contribution in [-0.2, 0) is 0 Å². The quantitative estimate of drug-likeness (QED) is 0.817. The first kappa shape index (κ1) is 10.7. The lowest BCUT2D eigenvalue weighted by molar-refractivity contribution is 0.460. The lowest BCUT2D eigenvalue weighted by atomic mass is 10.3. The van der Waals surface area contributed by atoms with Crippen LogP contribution in [0.15, 0.2) is 36.5 Å². The third-order valence-corrected chi connectivity index (χ3v) is 2.18. The topological polar surface area (TPSA) is 48.1 Å². The van der Waals surface area contributed by atoms with E-state index in [-0.39, 0.29) is 5.88 Å². The number of halogens is 2. The highest BCUT2D eigenvalue weighted by molar-refractivity contribution is 6.32. The Morgan fingerprint density at radius 3 is 2.75 bits per heavy atom. The molecule has 0 amide bonds. The lowest BCUT2D eigenvalue weighted by Gasteiger charge is -2.06. The molecule has 0 saturated carbocycles. The standard InChI is InChI=1S/C11H8ClFN2O/c12-9-3-2-8(14)5-10(9)16-11-4-1-7(13)6-15-11/h1-6H,14H2. The fourth-order valence-electron chi connectivity index (χ4n) is 1.13. The van der Waals surface area contributed by atoms with Crippen LogP contribution in [0.25, 0.3) is 0 Å². The van der Waals surface area contributed by atoms with Gasteiger partial charge in [0.1, 0.15) is 11.6 Å². The van der Waals surface area contributed by atoms with Crippen molar-refractivity contribution < 1.29 is 9.13 Å². The third kappa shape index (κ3) is 2.41. The average molecular weight is 239 g/mol. The first-order valence-electron chi connectivity index (χ1n) is 4.49. The fraction of sp³-hybridized carbons (Fsp3) is 0. The number of hydrogen-bond acceptors (Lipinski definition) is 3. The molecule has 3 nitrogen and oxygen atoms in total. The van der Waals surface area contributed by atoms with Crippen molar-refractivity contribution in [3.05, 3.63) is 47.4 Å². The molecule has 0 aliphatic rings. The summed E-state index contributed by atoms with van der Waals surface area (Å²) in [5.41, 5.74) is 6.12. The highest BCUT2D eigenvalue weighted by Crippen LogP contribution is 2.30. The minimum absolute atomic E-state index is 0.258. The number of benzene rings is 1. The minimum atomic E-state index is -0.425. The van der Waals surface area contributed by atoms with E-state index in [1.54, 1.807) is 18.2 Å². The second-order valence-corrected chi connectivity index (χ2v) is 3.51. The van der Waals surface area contributed by atoms with Crippen molar-refractivity contribution in [1.82, 2.24) is 4.98 Å². The number of aromatic nitrogens is 1. The molecule has 0 saturated heterocycles. The van der Waals surface area contributed by atoms with E-state index in [0.29, 0.717) is 16.5 Å². The molecule has 1 aromatic heterocycles. The predicted octanol–water partition coefficient (Wildman–Crippen LogP) is 3.25. The van der Waals surface area contributed by atoms with Crippen molar-refractivity contribution in [2.24, 2.45) is 0 Å². The number of nitrogens with two attached hydrogens (primary N) is 1. The maximum atomic E-state index is 12.6. The maximum Gasteiger partial charge on any atom is 0.219 e. The highest BCUT2D eigenvalue weighted by Gasteiger charge is 2.04. The zero-order valence-electron chi connectivity index (χ0n) is 8.15. The van der Waals surface area contributed by atoms with Gasteiger partial charge in [0.05, 0.1) is 11.2 Å². The Bertz CT molecular complexity index is 502. The Labute approximate surface area is 96.6 Å². The van der Waals surface area contributed by atoms with Gasteiger partial charge in [0, 0.05) is 17.8 Å². The van der Waals surface area contributed by atoms with E-state index < -0.39 is 5.82 Å². The van der Waals surface area contributed by atoms with Crippen LogP contribution >= 0.6 is 11.6 Å². The van der Waals surface area contributed by atoms with Gasteiger partial charge < -0.3 is 10.5 Å². The summed E-state index contributed by atoms with van der Waals surface area (Å²) >= 11 is 5.89. The number of nitrogen functional groups attached to an aromatic ring is 1. The molecule has 16 heavy (non-hydrogen) atoms. The molecule has 0 atom stereocenters. The zero-order valence-corrected chi connectivity index (χ0v) is 8.91. The molecular weight excluding hydrogens is 231 g/mol. The van der Waals surface area contributed by atoms with E-state index in [1.165, 1.54) is 12.1 Å². The van der Waals surface area contributed by atoms with Crippen LogP contribution < -0.4 is 10.5 Å². The van der Waals surface area contributed by atoms with Crippen molar-refractivity contribution in [3.8, 4) is 11.6 Å². The average Bonchev–Trinajstić information content (AvgIpc) is 2.27. The number of nitrogens with zero attached hydrogens (tertiary/aromatic N) is 1. The second-order valence-electron chi connectivity index (χ2n) is 3.11. The SMILES string of the molecule is Nc1ccc(Cl)c(Oc2ccc(F)cn2)c1. The van der Waals surface area contributed by atoms with E-state index in [4.69, 9.17) is 22.1 Å². The summed E-state index contributed by atoms with van der Waals surface area (Å²) in [4.78, 5) is 3.75. The smallest absolute Gasteiger partial charge is 0.219 e. The Hall–Kier alpha value is -1.81. The van der Waals surface area contributed by atoms with Crippen molar-refractivity contribution in [2.45, 2.75) is 0 Å². The largest absolute Gasteiger partial charge is 0.437 e. The molecule has 0 aliphatic heterocycles. The summed E-state index contributed by atoms with van der Waals surface area (Å²) < 4.78 is 18.0. The summed E-state index contributed by atoms with van der Waals surface area (Å²) in [5, 5.41) is 0.417. The monoisotopic (exact) mass is 238 g/mol. The predicted molar refractivity (Wildman–Crippen MR) is 60.1 cm³/mol. The van der Waals surface area contributed by atoms with Gasteiger partial charge in [-0.2, -0.15) is 0 Å². The first-order valence-corrected chi connectivity index (χ1v) is 4.87. The molecular formula is C11H8ClFN2O. The van der Waals surface area contributed by atoms with Crippen LogP contribution in [0.1, 0.15) is 0 Å². The van der Waals surface area contributed by atoms with E-state index >= 15 is 0 Å². The molecule has 1 heterocycles. The Morgan fingerprint density at radius 2 is 2.06 bits per heavy atom. The fourth-order valence-corrected chi connectivity index (χ4v) is 1.29. The van der Waals surface area contributed by atoms with E-state index in [2.05, 4.69) is 4.98 Å². The number of pyridine rings is 1. The number of rotatable bonds is 2. The number of hydrogen-bond donors (Lipinski definition) is 1. The molecule has 0 radical (unpaired) electrons. The molecule has 0 aliphatic carbocycles. The number of ether oxygens (including phenoxy) is 1. The van der Waals surface area contributed by atoms with Gasteiger partial charge in [0.15, 0.2) is 0 Å². The lowest BCUT2D eigenvalue weighted by Crippen LogP contribution is -1.91. The Balaban J connectivity index is 2.26. The van der Waals surface area contributed by atoms with Crippen LogP contribution in [-0.4, -0.2) is 4.98 Å². The third-order valence-electron chi connectivity index (χ3n) is 1.87. The maximum absolute atomic E-state index is 12.6. The van der Waals surface area contributed by atoms with Gasteiger partial charge in [0.25, 0.3) is 0 Å². The van der Waals surface area contributed by atoms with Crippen LogP contribution in [0.4, 0.5) is 10.1 Å². The summed E-state index contributed by atoms with van der Waals surface area (Å²) in [5.74, 6) is 0.223. The van der Waals surface area contributed by atoms with Gasteiger partial charge >= 0.3 is 0 Å².